The lowest BCUT2D eigenvalue weighted by atomic mass is 10.2. The van der Waals surface area contributed by atoms with Gasteiger partial charge in [-0.25, -0.2) is 4.98 Å². The molecule has 0 saturated carbocycles. The Balaban J connectivity index is 2.29. The molecule has 18 heavy (non-hydrogen) atoms. The fourth-order valence-electron chi connectivity index (χ4n) is 1.35. The molecule has 1 aromatic heterocycles. The predicted octanol–water partition coefficient (Wildman–Crippen LogP) is 2.73. The van der Waals surface area contributed by atoms with Crippen LogP contribution in [0.25, 0.3) is 0 Å². The van der Waals surface area contributed by atoms with Crippen LogP contribution in [0.5, 0.6) is 5.75 Å². The zero-order valence-corrected chi connectivity index (χ0v) is 11.3. The van der Waals surface area contributed by atoms with Crippen molar-refractivity contribution < 1.29 is 14.3 Å². The van der Waals surface area contributed by atoms with Crippen molar-refractivity contribution in [2.24, 2.45) is 5.92 Å². The fourth-order valence-corrected chi connectivity index (χ4v) is 1.35. The minimum atomic E-state index is 0.0433. The van der Waals surface area contributed by atoms with Gasteiger partial charge in [0, 0.05) is 13.0 Å². The number of carbonyl (C=O) groups excluding carboxylic acids is 1. The van der Waals surface area contributed by atoms with Crippen molar-refractivity contribution in [2.75, 3.05) is 19.8 Å². The van der Waals surface area contributed by atoms with Crippen LogP contribution in [0.2, 0.25) is 0 Å². The second kappa shape index (κ2) is 7.82. The SMILES string of the molecule is CCC(=O)c1ccc(OCCOCC(C)C)cn1. The lowest BCUT2D eigenvalue weighted by molar-refractivity contribution is 0.0817. The monoisotopic (exact) mass is 251 g/mol. The van der Waals surface area contributed by atoms with Gasteiger partial charge in [0.05, 0.1) is 12.8 Å². The molecular formula is C14H21NO3. The highest BCUT2D eigenvalue weighted by Crippen LogP contribution is 2.10. The Kier molecular flexibility index (Phi) is 6.36. The maximum Gasteiger partial charge on any atom is 0.180 e. The summed E-state index contributed by atoms with van der Waals surface area (Å²) in [6.07, 6.45) is 2.04. The summed E-state index contributed by atoms with van der Waals surface area (Å²) in [6, 6.07) is 3.45. The van der Waals surface area contributed by atoms with Gasteiger partial charge in [0.25, 0.3) is 0 Å². The number of hydrogen-bond acceptors (Lipinski definition) is 4. The van der Waals surface area contributed by atoms with Gasteiger partial charge in [-0.05, 0) is 18.1 Å². The smallest absolute Gasteiger partial charge is 0.180 e. The van der Waals surface area contributed by atoms with E-state index < -0.39 is 0 Å². The average Bonchev–Trinajstić information content (AvgIpc) is 2.38. The first-order valence-corrected chi connectivity index (χ1v) is 6.33. The number of carbonyl (C=O) groups is 1. The predicted molar refractivity (Wildman–Crippen MR) is 70.0 cm³/mol. The van der Waals surface area contributed by atoms with Crippen molar-refractivity contribution >= 4 is 5.78 Å². The molecule has 0 aromatic carbocycles. The van der Waals surface area contributed by atoms with Gasteiger partial charge in [0.1, 0.15) is 18.1 Å². The van der Waals surface area contributed by atoms with E-state index in [2.05, 4.69) is 18.8 Å². The molecule has 0 bridgehead atoms. The van der Waals surface area contributed by atoms with E-state index in [-0.39, 0.29) is 5.78 Å². The summed E-state index contributed by atoms with van der Waals surface area (Å²) < 4.78 is 10.9. The van der Waals surface area contributed by atoms with E-state index in [1.54, 1.807) is 18.3 Å². The lowest BCUT2D eigenvalue weighted by Crippen LogP contribution is -2.10. The number of nitrogens with zero attached hydrogens (tertiary/aromatic N) is 1. The van der Waals surface area contributed by atoms with Gasteiger partial charge in [0.2, 0.25) is 0 Å². The number of Topliss-reactive ketones (excluding diaryl/α,β-unsaturated/α-hetero) is 1. The molecule has 0 fully saturated rings. The van der Waals surface area contributed by atoms with Crippen molar-refractivity contribution in [1.29, 1.82) is 0 Å². The van der Waals surface area contributed by atoms with E-state index in [4.69, 9.17) is 9.47 Å². The van der Waals surface area contributed by atoms with Crippen LogP contribution in [0.1, 0.15) is 37.7 Å². The zero-order valence-electron chi connectivity index (χ0n) is 11.3. The maximum absolute atomic E-state index is 11.4. The first-order valence-electron chi connectivity index (χ1n) is 6.33. The Hall–Kier alpha value is -1.42. The van der Waals surface area contributed by atoms with Crippen LogP contribution < -0.4 is 4.74 Å². The average molecular weight is 251 g/mol. The standard InChI is InChI=1S/C14H21NO3/c1-4-14(16)13-6-5-12(9-15-13)18-8-7-17-10-11(2)3/h5-6,9,11H,4,7-8,10H2,1-3H3. The molecule has 0 aliphatic heterocycles. The molecule has 0 saturated heterocycles. The summed E-state index contributed by atoms with van der Waals surface area (Å²) in [6.45, 7) is 7.83. The van der Waals surface area contributed by atoms with Crippen LogP contribution in [0, 0.1) is 5.92 Å². The third kappa shape index (κ3) is 5.27. The van der Waals surface area contributed by atoms with E-state index >= 15 is 0 Å². The van der Waals surface area contributed by atoms with Crippen molar-refractivity contribution in [3.8, 4) is 5.75 Å². The van der Waals surface area contributed by atoms with Crippen molar-refractivity contribution in [2.45, 2.75) is 27.2 Å². The van der Waals surface area contributed by atoms with Crippen LogP contribution in [0.4, 0.5) is 0 Å². The number of ketones is 1. The molecule has 1 aromatic rings. The molecule has 0 aliphatic carbocycles. The Morgan fingerprint density at radius 1 is 1.33 bits per heavy atom. The van der Waals surface area contributed by atoms with E-state index in [1.807, 2.05) is 6.92 Å². The summed E-state index contributed by atoms with van der Waals surface area (Å²) in [5.74, 6) is 1.24. The van der Waals surface area contributed by atoms with Crippen LogP contribution in [-0.4, -0.2) is 30.6 Å². The Morgan fingerprint density at radius 2 is 2.11 bits per heavy atom. The highest BCUT2D eigenvalue weighted by molar-refractivity contribution is 5.93. The molecule has 0 N–H and O–H groups in total. The molecule has 1 heterocycles. The van der Waals surface area contributed by atoms with Crippen molar-refractivity contribution in [3.63, 3.8) is 0 Å². The molecular weight excluding hydrogens is 230 g/mol. The van der Waals surface area contributed by atoms with Crippen molar-refractivity contribution in [3.05, 3.63) is 24.0 Å². The number of rotatable bonds is 8. The maximum atomic E-state index is 11.4. The van der Waals surface area contributed by atoms with Crippen LogP contribution in [0.3, 0.4) is 0 Å². The molecule has 0 spiro atoms. The highest BCUT2D eigenvalue weighted by atomic mass is 16.5. The zero-order chi connectivity index (χ0) is 13.4. The molecule has 4 heteroatoms. The van der Waals surface area contributed by atoms with Gasteiger partial charge in [-0.1, -0.05) is 20.8 Å². The quantitative estimate of drug-likeness (QED) is 0.526. The fraction of sp³-hybridized carbons (Fsp3) is 0.571. The van der Waals surface area contributed by atoms with Gasteiger partial charge in [-0.3, -0.25) is 4.79 Å². The molecule has 0 aliphatic rings. The number of ether oxygens (including phenoxy) is 2. The Labute approximate surface area is 108 Å². The van der Waals surface area contributed by atoms with Gasteiger partial charge in [-0.2, -0.15) is 0 Å². The number of hydrogen-bond donors (Lipinski definition) is 0. The van der Waals surface area contributed by atoms with E-state index in [0.717, 1.165) is 6.61 Å². The van der Waals surface area contributed by atoms with Gasteiger partial charge in [-0.15, -0.1) is 0 Å². The normalized spacial score (nSPS) is 10.7. The first-order chi connectivity index (χ1) is 8.63. The van der Waals surface area contributed by atoms with Crippen LogP contribution in [-0.2, 0) is 4.74 Å². The lowest BCUT2D eigenvalue weighted by Gasteiger charge is -2.08. The van der Waals surface area contributed by atoms with E-state index in [0.29, 0.717) is 37.0 Å². The third-order valence-electron chi connectivity index (χ3n) is 2.29. The van der Waals surface area contributed by atoms with E-state index in [9.17, 15) is 4.79 Å². The van der Waals surface area contributed by atoms with Gasteiger partial charge >= 0.3 is 0 Å². The molecule has 0 unspecified atom stereocenters. The topological polar surface area (TPSA) is 48.4 Å². The molecule has 1 rings (SSSR count). The second-order valence-corrected chi connectivity index (χ2v) is 4.47. The Morgan fingerprint density at radius 3 is 2.67 bits per heavy atom. The second-order valence-electron chi connectivity index (χ2n) is 4.47. The van der Waals surface area contributed by atoms with Gasteiger partial charge in [0.15, 0.2) is 5.78 Å². The summed E-state index contributed by atoms with van der Waals surface area (Å²) in [7, 11) is 0. The molecule has 4 nitrogen and oxygen atoms in total. The third-order valence-corrected chi connectivity index (χ3v) is 2.29. The summed E-state index contributed by atoms with van der Waals surface area (Å²) in [5.41, 5.74) is 0.487. The minimum Gasteiger partial charge on any atom is -0.490 e. The summed E-state index contributed by atoms with van der Waals surface area (Å²) in [5, 5.41) is 0. The minimum absolute atomic E-state index is 0.0433. The summed E-state index contributed by atoms with van der Waals surface area (Å²) >= 11 is 0. The van der Waals surface area contributed by atoms with E-state index in [1.165, 1.54) is 0 Å². The van der Waals surface area contributed by atoms with Crippen molar-refractivity contribution in [1.82, 2.24) is 4.98 Å². The number of aromatic nitrogens is 1. The Bertz CT molecular complexity index is 360. The first kappa shape index (κ1) is 14.6. The molecule has 100 valence electrons. The van der Waals surface area contributed by atoms with Crippen LogP contribution >= 0.6 is 0 Å². The molecule has 0 amide bonds. The summed E-state index contributed by atoms with van der Waals surface area (Å²) in [4.78, 5) is 15.4. The largest absolute Gasteiger partial charge is 0.490 e. The number of pyridine rings is 1. The molecule has 0 radical (unpaired) electrons. The van der Waals surface area contributed by atoms with Crippen LogP contribution in [0.15, 0.2) is 18.3 Å². The van der Waals surface area contributed by atoms with Gasteiger partial charge < -0.3 is 9.47 Å². The highest BCUT2D eigenvalue weighted by Gasteiger charge is 2.04. The molecule has 0 atom stereocenters.